The number of hydroxylamine groups is 1. The Morgan fingerprint density at radius 3 is 2.27 bits per heavy atom. The van der Waals surface area contributed by atoms with Crippen LogP contribution in [-0.2, 0) is 29.2 Å². The van der Waals surface area contributed by atoms with E-state index in [9.17, 15) is 22.8 Å². The largest absolute Gasteiger partial charge is 0.350 e. The Morgan fingerprint density at radius 2 is 1.68 bits per heavy atom. The molecule has 1 fully saturated rings. The first kappa shape index (κ1) is 31.8. The van der Waals surface area contributed by atoms with E-state index in [0.717, 1.165) is 28.5 Å². The highest BCUT2D eigenvalue weighted by molar-refractivity contribution is 7.92. The van der Waals surface area contributed by atoms with E-state index in [1.807, 2.05) is 13.8 Å². The third kappa shape index (κ3) is 10.0. The molecule has 0 unspecified atom stereocenters. The summed E-state index contributed by atoms with van der Waals surface area (Å²) < 4.78 is 32.7. The summed E-state index contributed by atoms with van der Waals surface area (Å²) in [5.74, 6) is -1.31. The van der Waals surface area contributed by atoms with Crippen LogP contribution in [-0.4, -0.2) is 63.0 Å². The Labute approximate surface area is 241 Å². The number of para-hydroxylation sites is 2. The zero-order valence-electron chi connectivity index (χ0n) is 23.6. The first-order valence-corrected chi connectivity index (χ1v) is 15.5. The van der Waals surface area contributed by atoms with Gasteiger partial charge in [0, 0.05) is 25.1 Å². The fourth-order valence-corrected chi connectivity index (χ4v) is 5.16. The van der Waals surface area contributed by atoms with E-state index in [1.54, 1.807) is 48.5 Å². The predicted molar refractivity (Wildman–Crippen MR) is 155 cm³/mol. The monoisotopic (exact) mass is 589 g/mol. The second kappa shape index (κ2) is 15.4. The molecule has 0 spiro atoms. The third-order valence-corrected chi connectivity index (χ3v) is 7.21. The molecule has 3 N–H and O–H groups in total. The number of hydrogen-bond donors (Lipinski definition) is 3. The van der Waals surface area contributed by atoms with Crippen molar-refractivity contribution in [1.29, 1.82) is 0 Å². The average Bonchev–Trinajstić information content (AvgIpc) is 2.95. The van der Waals surface area contributed by atoms with Gasteiger partial charge in [0.1, 0.15) is 0 Å². The van der Waals surface area contributed by atoms with E-state index >= 15 is 0 Å². The van der Waals surface area contributed by atoms with E-state index in [4.69, 9.17) is 9.57 Å². The minimum Gasteiger partial charge on any atom is -0.350 e. The summed E-state index contributed by atoms with van der Waals surface area (Å²) in [6.07, 6.45) is 2.94. The fourth-order valence-electron chi connectivity index (χ4n) is 4.13. The van der Waals surface area contributed by atoms with Crippen LogP contribution in [0.3, 0.4) is 0 Å². The Bertz CT molecular complexity index is 1240. The van der Waals surface area contributed by atoms with Crippen LogP contribution in [0, 0.1) is 5.92 Å². The second-order valence-electron chi connectivity index (χ2n) is 10.1. The van der Waals surface area contributed by atoms with Gasteiger partial charge < -0.3 is 15.4 Å². The summed E-state index contributed by atoms with van der Waals surface area (Å²) in [6, 6.07) is 14.5. The molecule has 1 aliphatic rings. The van der Waals surface area contributed by atoms with Crippen molar-refractivity contribution in [2.75, 3.05) is 29.1 Å². The molecule has 3 rings (SSSR count). The van der Waals surface area contributed by atoms with Crippen LogP contribution >= 0.6 is 0 Å². The molecule has 2 atom stereocenters. The number of carbonyl (C=O) groups is 3. The van der Waals surface area contributed by atoms with Crippen LogP contribution in [0.2, 0.25) is 0 Å². The number of urea groups is 1. The first-order valence-electron chi connectivity index (χ1n) is 13.6. The zero-order chi connectivity index (χ0) is 29.8. The number of benzene rings is 2. The van der Waals surface area contributed by atoms with Gasteiger partial charge in [-0.2, -0.15) is 4.41 Å². The summed E-state index contributed by atoms with van der Waals surface area (Å²) in [7, 11) is -4.14. The maximum atomic E-state index is 13.7. The predicted octanol–water partition coefficient (Wildman–Crippen LogP) is 3.40. The van der Waals surface area contributed by atoms with Gasteiger partial charge in [0.2, 0.25) is 15.9 Å². The highest BCUT2D eigenvalue weighted by Gasteiger charge is 2.39. The molecular formula is C28H39N5O7S. The Morgan fingerprint density at radius 1 is 1.02 bits per heavy atom. The molecule has 0 aromatic heterocycles. The zero-order valence-corrected chi connectivity index (χ0v) is 24.4. The molecule has 0 bridgehead atoms. The topological polar surface area (TPSA) is 146 Å². The smallest absolute Gasteiger partial charge is 0.319 e. The standard InChI is InChI=1S/C28H39N5O7S/c1-21(2)17-18-25(34)32(33(41(3,37)38)23-14-8-5-9-15-23)24(27(35)31-40-26-16-10-11-19-39-26)20-29-28(36)30-22-12-6-4-7-13-22/h4-9,12-15,21,24,26H,10-11,16-20H2,1-3H3,(H,31,35)(H2,29,30,36)/t24-,26-/m1/s1. The van der Waals surface area contributed by atoms with Crippen LogP contribution in [0.1, 0.15) is 46.0 Å². The maximum Gasteiger partial charge on any atom is 0.319 e. The lowest BCUT2D eigenvalue weighted by Crippen LogP contribution is -2.62. The molecule has 1 heterocycles. The van der Waals surface area contributed by atoms with Crippen LogP contribution in [0.4, 0.5) is 16.2 Å². The number of rotatable bonds is 13. The number of nitrogens with one attached hydrogen (secondary N) is 3. The van der Waals surface area contributed by atoms with Gasteiger partial charge >= 0.3 is 6.03 Å². The van der Waals surface area contributed by atoms with Crippen molar-refractivity contribution in [2.24, 2.45) is 5.92 Å². The molecular weight excluding hydrogens is 550 g/mol. The molecule has 224 valence electrons. The number of anilines is 2. The van der Waals surface area contributed by atoms with Gasteiger partial charge in [-0.3, -0.25) is 9.59 Å². The van der Waals surface area contributed by atoms with Gasteiger partial charge in [-0.05, 0) is 49.4 Å². The van der Waals surface area contributed by atoms with Gasteiger partial charge in [-0.15, -0.1) is 0 Å². The van der Waals surface area contributed by atoms with Crippen molar-refractivity contribution in [3.05, 3.63) is 60.7 Å². The van der Waals surface area contributed by atoms with Crippen molar-refractivity contribution in [2.45, 2.75) is 58.3 Å². The molecule has 1 aliphatic heterocycles. The lowest BCUT2D eigenvalue weighted by atomic mass is 10.1. The quantitative estimate of drug-likeness (QED) is 0.304. The minimum absolute atomic E-state index is 0.0386. The number of amides is 4. The van der Waals surface area contributed by atoms with Crippen molar-refractivity contribution < 1.29 is 32.4 Å². The molecule has 41 heavy (non-hydrogen) atoms. The summed E-state index contributed by atoms with van der Waals surface area (Å²) in [5, 5.41) is 6.13. The molecule has 0 radical (unpaired) electrons. The van der Waals surface area contributed by atoms with E-state index in [2.05, 4.69) is 16.1 Å². The molecule has 2 aromatic rings. The van der Waals surface area contributed by atoms with Crippen LogP contribution < -0.4 is 20.5 Å². The van der Waals surface area contributed by atoms with Gasteiger partial charge in [-0.25, -0.2) is 28.5 Å². The maximum absolute atomic E-state index is 13.7. The molecule has 13 heteroatoms. The number of hydrazine groups is 1. The molecule has 1 saturated heterocycles. The number of ether oxygens (including phenoxy) is 1. The molecule has 2 aromatic carbocycles. The van der Waals surface area contributed by atoms with Crippen molar-refractivity contribution in [1.82, 2.24) is 15.8 Å². The Kier molecular flexibility index (Phi) is 11.9. The molecule has 0 aliphatic carbocycles. The number of nitrogens with zero attached hydrogens (tertiary/aromatic N) is 2. The van der Waals surface area contributed by atoms with Gasteiger partial charge in [0.15, 0.2) is 12.3 Å². The number of hydrogen-bond acceptors (Lipinski definition) is 7. The van der Waals surface area contributed by atoms with Crippen molar-refractivity contribution >= 4 is 39.2 Å². The molecule has 0 saturated carbocycles. The van der Waals surface area contributed by atoms with Gasteiger partial charge in [-0.1, -0.05) is 50.2 Å². The van der Waals surface area contributed by atoms with Crippen molar-refractivity contribution in [3.8, 4) is 0 Å². The lowest BCUT2D eigenvalue weighted by molar-refractivity contribution is -0.202. The van der Waals surface area contributed by atoms with Gasteiger partial charge in [0.05, 0.1) is 18.5 Å². The summed E-state index contributed by atoms with van der Waals surface area (Å²) >= 11 is 0. The Hall–Kier alpha value is -3.68. The second-order valence-corrected chi connectivity index (χ2v) is 11.9. The first-order chi connectivity index (χ1) is 19.6. The summed E-state index contributed by atoms with van der Waals surface area (Å²) in [4.78, 5) is 45.6. The summed E-state index contributed by atoms with van der Waals surface area (Å²) in [5.41, 5.74) is 2.99. The number of sulfonamides is 1. The SMILES string of the molecule is CC(C)CCC(=O)N([C@H](CNC(=O)Nc1ccccc1)C(=O)NO[C@@H]1CCCCO1)N(c1ccccc1)S(C)(=O)=O. The lowest BCUT2D eigenvalue weighted by Gasteiger charge is -2.39. The third-order valence-electron chi connectivity index (χ3n) is 6.19. The fraction of sp³-hybridized carbons (Fsp3) is 0.464. The highest BCUT2D eigenvalue weighted by Crippen LogP contribution is 2.24. The highest BCUT2D eigenvalue weighted by atomic mass is 32.2. The average molecular weight is 590 g/mol. The van der Waals surface area contributed by atoms with E-state index < -0.39 is 46.7 Å². The van der Waals surface area contributed by atoms with Crippen molar-refractivity contribution in [3.63, 3.8) is 0 Å². The van der Waals surface area contributed by atoms with E-state index in [-0.39, 0.29) is 18.0 Å². The summed E-state index contributed by atoms with van der Waals surface area (Å²) in [6.45, 7) is 3.91. The van der Waals surface area contributed by atoms with Gasteiger partial charge in [0.25, 0.3) is 5.91 Å². The molecule has 12 nitrogen and oxygen atoms in total. The minimum atomic E-state index is -4.14. The molecule has 4 amide bonds. The number of carbonyl (C=O) groups excluding carboxylic acids is 3. The Balaban J connectivity index is 1.96. The normalized spacial score (nSPS) is 16.0. The van der Waals surface area contributed by atoms with Crippen LogP contribution in [0.5, 0.6) is 0 Å². The van der Waals surface area contributed by atoms with E-state index in [0.29, 0.717) is 25.1 Å². The van der Waals surface area contributed by atoms with Crippen LogP contribution in [0.25, 0.3) is 0 Å². The van der Waals surface area contributed by atoms with Crippen LogP contribution in [0.15, 0.2) is 60.7 Å². The van der Waals surface area contributed by atoms with E-state index in [1.165, 1.54) is 12.1 Å².